The van der Waals surface area contributed by atoms with Gasteiger partial charge >= 0.3 is 24.4 Å². The first kappa shape index (κ1) is 1580. The van der Waals surface area contributed by atoms with Crippen molar-refractivity contribution in [1.82, 2.24) is 67.7 Å². The third kappa shape index (κ3) is 1090. The molecule has 0 rings (SSSR count). The first-order chi connectivity index (χ1) is 0. The molecule has 16 heavy (non-hydrogen) atoms. The van der Waals surface area contributed by atoms with E-state index in [1.807, 2.05) is 0 Å². The van der Waals surface area contributed by atoms with E-state index in [0.29, 0.717) is 0 Å². The summed E-state index contributed by atoms with van der Waals surface area (Å²) in [5, 5.41) is 0. The van der Waals surface area contributed by atoms with Crippen molar-refractivity contribution < 1.29 is 0 Å². The number of hydrogen-bond donors (Lipinski definition) is 11. The van der Waals surface area contributed by atoms with Crippen LogP contribution in [0.15, 0.2) is 0 Å². The molecular weight excluding hydrogens is 404 g/mol. The van der Waals surface area contributed by atoms with Crippen molar-refractivity contribution >= 4 is 78.4 Å². The number of quaternary nitrogens is 3. The average Bonchev–Trinajstić information content (AvgIpc) is 0. The molecule has 0 amide bonds. The van der Waals surface area contributed by atoms with Gasteiger partial charge in [0.15, 0.2) is 0 Å². The Balaban J connectivity index is 0. The SMILES string of the molecule is N.N.N.N.N.N.N.N.[NH4+].[NH4+].[NH4+].[S-2].[S-2].[S-2].[S-2].[Sb+5]. The zero-order chi connectivity index (χ0) is 0. The molecule has 0 saturated heterocycles. The standard InChI is InChI=1S/11H3N.4S.Sb/h11*1H3;;;;;/q;;;;;;;;;;;4*-2;+5/p+3. The van der Waals surface area contributed by atoms with E-state index in [1.54, 1.807) is 0 Å². The molecule has 16 heteroatoms. The Morgan fingerprint density at radius 2 is 0.250 bits per heavy atom. The van der Waals surface area contributed by atoms with E-state index in [0.717, 1.165) is 0 Å². The van der Waals surface area contributed by atoms with Crippen LogP contribution in [0.5, 0.6) is 0 Å². The van der Waals surface area contributed by atoms with Gasteiger partial charge in [-0.1, -0.05) is 0 Å². The Morgan fingerprint density at radius 1 is 0.250 bits per heavy atom. The maximum Gasteiger partial charge on any atom is 5.00 e. The molecule has 120 valence electrons. The van der Waals surface area contributed by atoms with Crippen molar-refractivity contribution in [2.45, 2.75) is 0 Å². The van der Waals surface area contributed by atoms with Crippen LogP contribution < -0.4 is 67.7 Å². The Bertz CT molecular complexity index is 17.9. The first-order valence-electron chi connectivity index (χ1n) is 0. The van der Waals surface area contributed by atoms with E-state index >= 15 is 0 Å². The largest absolute Gasteiger partial charge is 5.00 e. The van der Waals surface area contributed by atoms with Crippen molar-refractivity contribution in [1.29, 1.82) is 0 Å². The van der Waals surface area contributed by atoms with Crippen molar-refractivity contribution in [2.24, 2.45) is 0 Å². The van der Waals surface area contributed by atoms with Gasteiger partial charge in [-0.2, -0.15) is 0 Å². The molecule has 0 aromatic rings. The smallest absolute Gasteiger partial charge is 2.00 e. The van der Waals surface area contributed by atoms with Gasteiger partial charge in [-0.3, -0.25) is 0 Å². The van der Waals surface area contributed by atoms with Crippen LogP contribution in [-0.4, -0.2) is 24.4 Å². The Kier molecular flexibility index (Phi) is 131000. The van der Waals surface area contributed by atoms with Crippen LogP contribution >= 0.6 is 0 Å². The van der Waals surface area contributed by atoms with Crippen LogP contribution in [-0.2, 0) is 54.0 Å². The molecule has 0 unspecified atom stereocenters. The van der Waals surface area contributed by atoms with E-state index in [-0.39, 0.29) is 146 Å². The molecule has 0 aliphatic heterocycles. The van der Waals surface area contributed by atoms with E-state index in [9.17, 15) is 0 Å². The molecule has 0 saturated carbocycles. The molecule has 36 N–H and O–H groups in total. The molecule has 0 bridgehead atoms. The predicted octanol–water partition coefficient (Wildman–Crippen LogP) is 2.03. The third-order valence-electron chi connectivity index (χ3n) is 0. The minimum Gasteiger partial charge on any atom is -2.00 e. The summed E-state index contributed by atoms with van der Waals surface area (Å²) in [6.07, 6.45) is 0. The van der Waals surface area contributed by atoms with Crippen LogP contribution in [0.25, 0.3) is 0 Å². The van der Waals surface area contributed by atoms with Gasteiger partial charge in [0.2, 0.25) is 0 Å². The zero-order valence-electron chi connectivity index (χ0n) is 10.7. The van der Waals surface area contributed by atoms with E-state index in [2.05, 4.69) is 0 Å². The second-order valence-corrected chi connectivity index (χ2v) is 0. The third-order valence-corrected chi connectivity index (χ3v) is 0. The Morgan fingerprint density at radius 3 is 0.250 bits per heavy atom. The quantitative estimate of drug-likeness (QED) is 0.246. The second-order valence-electron chi connectivity index (χ2n) is 0. The van der Waals surface area contributed by atoms with Crippen LogP contribution in [0, 0.1) is 0 Å². The first-order valence-corrected chi connectivity index (χ1v) is 0. The van der Waals surface area contributed by atoms with E-state index in [4.69, 9.17) is 0 Å². The maximum atomic E-state index is 0. The summed E-state index contributed by atoms with van der Waals surface area (Å²) in [4.78, 5) is 0. The van der Waals surface area contributed by atoms with Crippen molar-refractivity contribution in [3.8, 4) is 0 Å². The molecule has 0 heterocycles. The summed E-state index contributed by atoms with van der Waals surface area (Å²) in [5.41, 5.74) is 0. The topological polar surface area (TPSA) is 390 Å². The van der Waals surface area contributed by atoms with Crippen molar-refractivity contribution in [3.05, 3.63) is 0 Å². The molecule has 11 nitrogen and oxygen atoms in total. The van der Waals surface area contributed by atoms with Crippen molar-refractivity contribution in [2.75, 3.05) is 0 Å². The van der Waals surface area contributed by atoms with Crippen LogP contribution in [0.3, 0.4) is 0 Å². The second kappa shape index (κ2) is 1320. The van der Waals surface area contributed by atoms with Gasteiger partial charge in [0.25, 0.3) is 0 Å². The fraction of sp³-hybridized carbons (Fsp3) is 0. The van der Waals surface area contributed by atoms with Gasteiger partial charge in [-0.05, 0) is 0 Å². The van der Waals surface area contributed by atoms with Crippen LogP contribution in [0.1, 0.15) is 0 Å². The summed E-state index contributed by atoms with van der Waals surface area (Å²) < 4.78 is 0. The Labute approximate surface area is 145 Å². The molecule has 0 aliphatic carbocycles. The summed E-state index contributed by atoms with van der Waals surface area (Å²) in [6, 6.07) is 0. The summed E-state index contributed by atoms with van der Waals surface area (Å²) >= 11 is 0. The van der Waals surface area contributed by atoms with Gasteiger partial charge in [0.05, 0.1) is 0 Å². The van der Waals surface area contributed by atoms with Crippen LogP contribution in [0.4, 0.5) is 0 Å². The van der Waals surface area contributed by atoms with Gasteiger partial charge < -0.3 is 122 Å². The van der Waals surface area contributed by atoms with Gasteiger partial charge in [0.1, 0.15) is 0 Å². The fourth-order valence-electron chi connectivity index (χ4n) is 0. The normalized spacial score (nSPS) is 0. The molecule has 0 aliphatic rings. The molecular formula is H36N11S4Sb. The van der Waals surface area contributed by atoms with E-state index in [1.165, 1.54) is 0 Å². The molecule has 0 spiro atoms. The van der Waals surface area contributed by atoms with Gasteiger partial charge in [0, 0.05) is 0 Å². The molecule has 0 aromatic carbocycles. The number of hydrogen-bond acceptors (Lipinski definition) is 8. The summed E-state index contributed by atoms with van der Waals surface area (Å²) in [6.45, 7) is 0. The van der Waals surface area contributed by atoms with Gasteiger partial charge in [-0.15, -0.1) is 0 Å². The monoisotopic (exact) mass is 439 g/mol. The van der Waals surface area contributed by atoms with Gasteiger partial charge in [-0.25, -0.2) is 0 Å². The van der Waals surface area contributed by atoms with Crippen molar-refractivity contribution in [3.63, 3.8) is 0 Å². The Hall–Kier alpha value is 1.78. The molecule has 0 aromatic heterocycles. The minimum absolute atomic E-state index is 0. The molecule has 0 fully saturated rings. The zero-order valence-corrected chi connectivity index (χ0v) is 16.6. The maximum absolute atomic E-state index is 0. The molecule has 0 atom stereocenters. The summed E-state index contributed by atoms with van der Waals surface area (Å²) in [7, 11) is 0. The average molecular weight is 440 g/mol. The summed E-state index contributed by atoms with van der Waals surface area (Å²) in [5.74, 6) is 0. The number of rotatable bonds is 0. The van der Waals surface area contributed by atoms with Crippen LogP contribution in [0.2, 0.25) is 0 Å². The van der Waals surface area contributed by atoms with E-state index < -0.39 is 0 Å². The fourth-order valence-corrected chi connectivity index (χ4v) is 0. The molecule has 0 radical (unpaired) electrons. The predicted molar refractivity (Wildman–Crippen MR) is 93.3 cm³/mol. The minimum atomic E-state index is 0.